The number of alkyl halides is 2. The Balaban J connectivity index is 1.93. The average molecular weight is 279 g/mol. The van der Waals surface area contributed by atoms with Crippen molar-refractivity contribution < 1.29 is 5.11 Å². The predicted octanol–water partition coefficient (Wildman–Crippen LogP) is 4.45. The summed E-state index contributed by atoms with van der Waals surface area (Å²) >= 11 is 12.8. The third-order valence-electron chi connectivity index (χ3n) is 3.46. The van der Waals surface area contributed by atoms with Gasteiger partial charge in [-0.25, -0.2) is 0 Å². The molecule has 0 aromatic heterocycles. The Morgan fingerprint density at radius 3 is 1.83 bits per heavy atom. The fourth-order valence-corrected chi connectivity index (χ4v) is 3.38. The summed E-state index contributed by atoms with van der Waals surface area (Å²) < 4.78 is -0.752. The lowest BCUT2D eigenvalue weighted by Crippen LogP contribution is -1.90. The van der Waals surface area contributed by atoms with Crippen molar-refractivity contribution in [1.29, 1.82) is 0 Å². The SMILES string of the molecule is Oc1ccc([C@H]2[C@@H](c3ccccc3)C2(Cl)Cl)cc1. The van der Waals surface area contributed by atoms with Crippen LogP contribution in [-0.4, -0.2) is 9.44 Å². The number of phenols is 1. The lowest BCUT2D eigenvalue weighted by Gasteiger charge is -2.00. The smallest absolute Gasteiger partial charge is 0.133 e. The number of rotatable bonds is 2. The van der Waals surface area contributed by atoms with E-state index in [2.05, 4.69) is 0 Å². The van der Waals surface area contributed by atoms with Gasteiger partial charge >= 0.3 is 0 Å². The summed E-state index contributed by atoms with van der Waals surface area (Å²) in [4.78, 5) is 0. The second-order valence-electron chi connectivity index (χ2n) is 4.63. The summed E-state index contributed by atoms with van der Waals surface area (Å²) in [5.41, 5.74) is 2.22. The summed E-state index contributed by atoms with van der Waals surface area (Å²) in [6.45, 7) is 0. The summed E-state index contributed by atoms with van der Waals surface area (Å²) in [5.74, 6) is 0.459. The molecule has 2 atom stereocenters. The fourth-order valence-electron chi connectivity index (χ4n) is 2.50. The minimum atomic E-state index is -0.752. The predicted molar refractivity (Wildman–Crippen MR) is 74.5 cm³/mol. The molecule has 1 nitrogen and oxygen atoms in total. The molecular formula is C15H12Cl2O. The molecule has 0 spiro atoms. The van der Waals surface area contributed by atoms with E-state index >= 15 is 0 Å². The molecule has 0 heterocycles. The van der Waals surface area contributed by atoms with Crippen LogP contribution in [0, 0.1) is 0 Å². The second kappa shape index (κ2) is 4.18. The van der Waals surface area contributed by atoms with Crippen molar-refractivity contribution in [2.24, 2.45) is 0 Å². The summed E-state index contributed by atoms with van der Waals surface area (Å²) in [7, 11) is 0. The first kappa shape index (κ1) is 11.9. The van der Waals surface area contributed by atoms with Crippen LogP contribution >= 0.6 is 23.2 Å². The van der Waals surface area contributed by atoms with Crippen LogP contribution in [0.3, 0.4) is 0 Å². The molecule has 1 saturated carbocycles. The third-order valence-corrected chi connectivity index (χ3v) is 4.40. The van der Waals surface area contributed by atoms with Gasteiger partial charge in [0.25, 0.3) is 0 Å². The molecule has 18 heavy (non-hydrogen) atoms. The van der Waals surface area contributed by atoms with Gasteiger partial charge in [-0.1, -0.05) is 42.5 Å². The van der Waals surface area contributed by atoms with E-state index in [0.29, 0.717) is 0 Å². The molecule has 0 aliphatic heterocycles. The molecule has 2 aromatic carbocycles. The van der Waals surface area contributed by atoms with Crippen LogP contribution in [0.5, 0.6) is 5.75 Å². The largest absolute Gasteiger partial charge is 0.508 e. The van der Waals surface area contributed by atoms with Crippen LogP contribution in [0.15, 0.2) is 54.6 Å². The first-order valence-electron chi connectivity index (χ1n) is 5.82. The van der Waals surface area contributed by atoms with Gasteiger partial charge in [0, 0.05) is 11.8 Å². The van der Waals surface area contributed by atoms with Gasteiger partial charge in [0.1, 0.15) is 10.1 Å². The number of aromatic hydroxyl groups is 1. The molecule has 0 bridgehead atoms. The highest BCUT2D eigenvalue weighted by molar-refractivity contribution is 6.52. The van der Waals surface area contributed by atoms with Crippen molar-refractivity contribution in [3.8, 4) is 5.75 Å². The van der Waals surface area contributed by atoms with Crippen LogP contribution in [0.1, 0.15) is 23.0 Å². The number of phenolic OH excluding ortho intramolecular Hbond substituents is 1. The van der Waals surface area contributed by atoms with Gasteiger partial charge in [0.05, 0.1) is 0 Å². The van der Waals surface area contributed by atoms with E-state index < -0.39 is 4.33 Å². The van der Waals surface area contributed by atoms with Crippen LogP contribution in [0.25, 0.3) is 0 Å². The highest BCUT2D eigenvalue weighted by Crippen LogP contribution is 2.70. The molecule has 0 unspecified atom stereocenters. The maximum absolute atomic E-state index is 9.31. The Bertz CT molecular complexity index is 548. The van der Waals surface area contributed by atoms with Crippen molar-refractivity contribution in [3.05, 3.63) is 65.7 Å². The number of benzene rings is 2. The van der Waals surface area contributed by atoms with Gasteiger partial charge in [0.15, 0.2) is 0 Å². The number of hydrogen-bond donors (Lipinski definition) is 1. The minimum Gasteiger partial charge on any atom is -0.508 e. The quantitative estimate of drug-likeness (QED) is 0.805. The average Bonchev–Trinajstić information content (AvgIpc) is 2.94. The van der Waals surface area contributed by atoms with E-state index in [4.69, 9.17) is 23.2 Å². The van der Waals surface area contributed by atoms with Gasteiger partial charge in [-0.2, -0.15) is 0 Å². The summed E-state index contributed by atoms with van der Waals surface area (Å²) in [6.07, 6.45) is 0. The molecule has 1 fully saturated rings. The Kier molecular flexibility index (Phi) is 2.76. The van der Waals surface area contributed by atoms with Crippen LogP contribution < -0.4 is 0 Å². The lowest BCUT2D eigenvalue weighted by atomic mass is 10.0. The van der Waals surface area contributed by atoms with Crippen LogP contribution in [0.2, 0.25) is 0 Å². The second-order valence-corrected chi connectivity index (χ2v) is 6.08. The molecule has 2 aromatic rings. The fraction of sp³-hybridized carbons (Fsp3) is 0.200. The minimum absolute atomic E-state index is 0.0869. The third kappa shape index (κ3) is 1.88. The molecule has 1 N–H and O–H groups in total. The van der Waals surface area contributed by atoms with E-state index in [1.165, 1.54) is 0 Å². The molecule has 1 aliphatic carbocycles. The van der Waals surface area contributed by atoms with Gasteiger partial charge in [-0.05, 0) is 23.3 Å². The zero-order valence-electron chi connectivity index (χ0n) is 9.55. The molecule has 92 valence electrons. The van der Waals surface area contributed by atoms with E-state index in [9.17, 15) is 5.11 Å². The Hall–Kier alpha value is -1.18. The maximum Gasteiger partial charge on any atom is 0.133 e. The molecular weight excluding hydrogens is 267 g/mol. The number of hydrogen-bond acceptors (Lipinski definition) is 1. The first-order chi connectivity index (χ1) is 8.60. The summed E-state index contributed by atoms with van der Waals surface area (Å²) in [5, 5.41) is 9.31. The topological polar surface area (TPSA) is 20.2 Å². The maximum atomic E-state index is 9.31. The van der Waals surface area contributed by atoms with E-state index in [1.54, 1.807) is 12.1 Å². The van der Waals surface area contributed by atoms with E-state index in [-0.39, 0.29) is 17.6 Å². The van der Waals surface area contributed by atoms with Crippen LogP contribution in [0.4, 0.5) is 0 Å². The van der Waals surface area contributed by atoms with Crippen LogP contribution in [-0.2, 0) is 0 Å². The van der Waals surface area contributed by atoms with E-state index in [0.717, 1.165) is 11.1 Å². The normalized spacial score (nSPS) is 24.8. The Morgan fingerprint density at radius 2 is 1.28 bits per heavy atom. The zero-order chi connectivity index (χ0) is 12.8. The van der Waals surface area contributed by atoms with Crippen molar-refractivity contribution in [2.75, 3.05) is 0 Å². The van der Waals surface area contributed by atoms with Gasteiger partial charge in [0.2, 0.25) is 0 Å². The highest BCUT2D eigenvalue weighted by atomic mass is 35.5. The van der Waals surface area contributed by atoms with E-state index in [1.807, 2.05) is 42.5 Å². The monoisotopic (exact) mass is 278 g/mol. The molecule has 0 saturated heterocycles. The molecule has 0 amide bonds. The molecule has 1 aliphatic rings. The molecule has 3 heteroatoms. The summed E-state index contributed by atoms with van der Waals surface area (Å²) in [6, 6.07) is 17.1. The van der Waals surface area contributed by atoms with Crippen molar-refractivity contribution in [1.82, 2.24) is 0 Å². The van der Waals surface area contributed by atoms with Gasteiger partial charge in [-0.3, -0.25) is 0 Å². The Morgan fingerprint density at radius 1 is 0.778 bits per heavy atom. The van der Waals surface area contributed by atoms with Gasteiger partial charge in [-0.15, -0.1) is 23.2 Å². The highest BCUT2D eigenvalue weighted by Gasteiger charge is 2.64. The lowest BCUT2D eigenvalue weighted by molar-refractivity contribution is 0.475. The standard InChI is InChI=1S/C15H12Cl2O/c16-15(17)13(10-4-2-1-3-5-10)14(15)11-6-8-12(18)9-7-11/h1-9,13-14,18H/t13-,14+/m1/s1. The Labute approximate surface area is 116 Å². The zero-order valence-corrected chi connectivity index (χ0v) is 11.1. The number of halogens is 2. The molecule has 0 radical (unpaired) electrons. The van der Waals surface area contributed by atoms with Gasteiger partial charge < -0.3 is 5.11 Å². The van der Waals surface area contributed by atoms with Crippen molar-refractivity contribution in [3.63, 3.8) is 0 Å². The van der Waals surface area contributed by atoms with Crippen molar-refractivity contribution >= 4 is 23.2 Å². The molecule has 3 rings (SSSR count). The first-order valence-corrected chi connectivity index (χ1v) is 6.58. The van der Waals surface area contributed by atoms with Crippen molar-refractivity contribution in [2.45, 2.75) is 16.2 Å².